The van der Waals surface area contributed by atoms with E-state index < -0.39 is 0 Å². The Kier molecular flexibility index (Phi) is 3.95. The van der Waals surface area contributed by atoms with Crippen LogP contribution in [0.15, 0.2) is 35.8 Å². The first-order chi connectivity index (χ1) is 9.42. The zero-order valence-corrected chi connectivity index (χ0v) is 11.5. The summed E-state index contributed by atoms with van der Waals surface area (Å²) in [6.45, 7) is 4.80. The number of rotatable bonds is 4. The van der Waals surface area contributed by atoms with Crippen molar-refractivity contribution in [3.05, 3.63) is 40.8 Å². The van der Waals surface area contributed by atoms with Gasteiger partial charge in [0.05, 0.1) is 0 Å². The molecule has 1 saturated heterocycles. The van der Waals surface area contributed by atoms with Crippen molar-refractivity contribution in [1.82, 2.24) is 10.3 Å². The molecule has 1 aliphatic heterocycles. The van der Waals surface area contributed by atoms with E-state index in [0.717, 1.165) is 36.9 Å². The molecule has 0 bridgehead atoms. The van der Waals surface area contributed by atoms with E-state index in [1.54, 1.807) is 17.5 Å². The SMILES string of the molecule is c1csc(COc2ccc(N3CCNCC3)cc2)n1. The smallest absolute Gasteiger partial charge is 0.140 e. The maximum absolute atomic E-state index is 5.71. The van der Waals surface area contributed by atoms with Crippen LogP contribution in [0, 0.1) is 0 Å². The largest absolute Gasteiger partial charge is 0.486 e. The monoisotopic (exact) mass is 275 g/mol. The summed E-state index contributed by atoms with van der Waals surface area (Å²) in [5, 5.41) is 6.33. The molecule has 2 heterocycles. The first-order valence-electron chi connectivity index (χ1n) is 6.49. The van der Waals surface area contributed by atoms with Crippen LogP contribution in [0.4, 0.5) is 5.69 Å². The van der Waals surface area contributed by atoms with Crippen LogP contribution in [0.3, 0.4) is 0 Å². The molecular weight excluding hydrogens is 258 g/mol. The number of hydrogen-bond acceptors (Lipinski definition) is 5. The molecule has 1 N–H and O–H groups in total. The molecule has 0 atom stereocenters. The maximum Gasteiger partial charge on any atom is 0.140 e. The van der Waals surface area contributed by atoms with Crippen LogP contribution in [0.25, 0.3) is 0 Å². The van der Waals surface area contributed by atoms with E-state index in [1.165, 1.54) is 5.69 Å². The van der Waals surface area contributed by atoms with E-state index in [9.17, 15) is 0 Å². The van der Waals surface area contributed by atoms with E-state index in [0.29, 0.717) is 6.61 Å². The Balaban J connectivity index is 1.58. The van der Waals surface area contributed by atoms with Crippen molar-refractivity contribution in [2.75, 3.05) is 31.1 Å². The Morgan fingerprint density at radius 3 is 2.68 bits per heavy atom. The summed E-state index contributed by atoms with van der Waals surface area (Å²) in [4.78, 5) is 6.59. The predicted molar refractivity (Wildman–Crippen MR) is 78.0 cm³/mol. The van der Waals surface area contributed by atoms with Gasteiger partial charge >= 0.3 is 0 Å². The summed E-state index contributed by atoms with van der Waals surface area (Å²) in [6, 6.07) is 8.32. The quantitative estimate of drug-likeness (QED) is 0.927. The van der Waals surface area contributed by atoms with Gasteiger partial charge in [0.25, 0.3) is 0 Å². The van der Waals surface area contributed by atoms with Crippen molar-refractivity contribution in [1.29, 1.82) is 0 Å². The van der Waals surface area contributed by atoms with Crippen LogP contribution >= 0.6 is 11.3 Å². The lowest BCUT2D eigenvalue weighted by Gasteiger charge is -2.29. The third-order valence-electron chi connectivity index (χ3n) is 3.16. The van der Waals surface area contributed by atoms with Gasteiger partial charge in [-0.15, -0.1) is 11.3 Å². The fourth-order valence-electron chi connectivity index (χ4n) is 2.15. The average Bonchev–Trinajstić information content (AvgIpc) is 3.00. The molecule has 100 valence electrons. The average molecular weight is 275 g/mol. The Hall–Kier alpha value is -1.59. The lowest BCUT2D eigenvalue weighted by atomic mass is 10.2. The zero-order chi connectivity index (χ0) is 12.9. The van der Waals surface area contributed by atoms with Crippen molar-refractivity contribution in [3.8, 4) is 5.75 Å². The Bertz CT molecular complexity index is 492. The third kappa shape index (κ3) is 3.24. The molecule has 0 saturated carbocycles. The Morgan fingerprint density at radius 1 is 1.21 bits per heavy atom. The van der Waals surface area contributed by atoms with E-state index in [2.05, 4.69) is 27.3 Å². The van der Waals surface area contributed by atoms with E-state index in [4.69, 9.17) is 4.74 Å². The van der Waals surface area contributed by atoms with Crippen molar-refractivity contribution >= 4 is 17.0 Å². The summed E-state index contributed by atoms with van der Waals surface area (Å²) >= 11 is 1.62. The summed E-state index contributed by atoms with van der Waals surface area (Å²) in [5.41, 5.74) is 1.27. The standard InChI is InChI=1S/C14H17N3OS/c1-3-13(18-11-14-16-7-10-19-14)4-2-12(1)17-8-5-15-6-9-17/h1-4,7,10,15H,5-6,8-9,11H2. The number of hydrogen-bond donors (Lipinski definition) is 1. The number of piperazine rings is 1. The number of nitrogens with zero attached hydrogens (tertiary/aromatic N) is 2. The van der Waals surface area contributed by atoms with Crippen molar-refractivity contribution in [2.45, 2.75) is 6.61 Å². The van der Waals surface area contributed by atoms with E-state index >= 15 is 0 Å². The molecule has 1 aromatic heterocycles. The fourth-order valence-corrected chi connectivity index (χ4v) is 2.67. The number of nitrogens with one attached hydrogen (secondary N) is 1. The summed E-state index contributed by atoms with van der Waals surface area (Å²) in [7, 11) is 0. The Labute approximate surface area is 117 Å². The second-order valence-electron chi connectivity index (χ2n) is 4.45. The summed E-state index contributed by atoms with van der Waals surface area (Å²) in [5.74, 6) is 0.897. The van der Waals surface area contributed by atoms with Crippen molar-refractivity contribution in [2.24, 2.45) is 0 Å². The minimum Gasteiger partial charge on any atom is -0.486 e. The molecular formula is C14H17N3OS. The second-order valence-corrected chi connectivity index (χ2v) is 5.42. The molecule has 0 aliphatic carbocycles. The van der Waals surface area contributed by atoms with Crippen LogP contribution in [0.1, 0.15) is 5.01 Å². The number of thiazole rings is 1. The first kappa shape index (κ1) is 12.4. The van der Waals surface area contributed by atoms with Gasteiger partial charge in [0.15, 0.2) is 0 Å². The van der Waals surface area contributed by atoms with Crippen LogP contribution < -0.4 is 15.0 Å². The van der Waals surface area contributed by atoms with Gasteiger partial charge in [0, 0.05) is 43.4 Å². The molecule has 19 heavy (non-hydrogen) atoms. The molecule has 0 spiro atoms. The van der Waals surface area contributed by atoms with Crippen LogP contribution in [0.2, 0.25) is 0 Å². The summed E-state index contributed by atoms with van der Waals surface area (Å²) < 4.78 is 5.71. The minimum atomic E-state index is 0.546. The highest BCUT2D eigenvalue weighted by molar-refractivity contribution is 7.09. The number of anilines is 1. The maximum atomic E-state index is 5.71. The molecule has 0 amide bonds. The van der Waals surface area contributed by atoms with Crippen LogP contribution in [0.5, 0.6) is 5.75 Å². The second kappa shape index (κ2) is 6.04. The molecule has 2 aromatic rings. The Morgan fingerprint density at radius 2 is 2.00 bits per heavy atom. The molecule has 1 aliphatic rings. The van der Waals surface area contributed by atoms with E-state index in [1.807, 2.05) is 17.5 Å². The van der Waals surface area contributed by atoms with Gasteiger partial charge in [-0.05, 0) is 24.3 Å². The van der Waals surface area contributed by atoms with Gasteiger partial charge in [-0.2, -0.15) is 0 Å². The van der Waals surface area contributed by atoms with Crippen LogP contribution in [-0.2, 0) is 6.61 Å². The number of aromatic nitrogens is 1. The number of ether oxygens (including phenoxy) is 1. The number of benzene rings is 1. The first-order valence-corrected chi connectivity index (χ1v) is 7.37. The van der Waals surface area contributed by atoms with Gasteiger partial charge in [0.2, 0.25) is 0 Å². The van der Waals surface area contributed by atoms with Gasteiger partial charge in [-0.3, -0.25) is 0 Å². The van der Waals surface area contributed by atoms with Gasteiger partial charge < -0.3 is 15.0 Å². The highest BCUT2D eigenvalue weighted by atomic mass is 32.1. The highest BCUT2D eigenvalue weighted by Gasteiger charge is 2.10. The fraction of sp³-hybridized carbons (Fsp3) is 0.357. The lowest BCUT2D eigenvalue weighted by molar-refractivity contribution is 0.305. The van der Waals surface area contributed by atoms with Gasteiger partial charge in [-0.1, -0.05) is 0 Å². The third-order valence-corrected chi connectivity index (χ3v) is 3.92. The lowest BCUT2D eigenvalue weighted by Crippen LogP contribution is -2.43. The molecule has 5 heteroatoms. The minimum absolute atomic E-state index is 0.546. The van der Waals surface area contributed by atoms with Crippen LogP contribution in [-0.4, -0.2) is 31.2 Å². The highest BCUT2D eigenvalue weighted by Crippen LogP contribution is 2.20. The topological polar surface area (TPSA) is 37.4 Å². The molecule has 1 fully saturated rings. The van der Waals surface area contributed by atoms with Crippen molar-refractivity contribution in [3.63, 3.8) is 0 Å². The molecule has 4 nitrogen and oxygen atoms in total. The molecule has 0 radical (unpaired) electrons. The van der Waals surface area contributed by atoms with E-state index in [-0.39, 0.29) is 0 Å². The summed E-state index contributed by atoms with van der Waals surface area (Å²) in [6.07, 6.45) is 1.80. The zero-order valence-electron chi connectivity index (χ0n) is 10.7. The van der Waals surface area contributed by atoms with Crippen molar-refractivity contribution < 1.29 is 4.74 Å². The predicted octanol–water partition coefficient (Wildman–Crippen LogP) is 2.13. The van der Waals surface area contributed by atoms with Gasteiger partial charge in [0.1, 0.15) is 17.4 Å². The van der Waals surface area contributed by atoms with Gasteiger partial charge in [-0.25, -0.2) is 4.98 Å². The molecule has 1 aromatic carbocycles. The molecule has 0 unspecified atom stereocenters. The molecule has 3 rings (SSSR count). The normalized spacial score (nSPS) is 15.5.